The summed E-state index contributed by atoms with van der Waals surface area (Å²) in [5.74, 6) is -3.52. The molecule has 0 saturated carbocycles. The molecular formula is C19H17ClO6. The standard InChI is InChI=1S/C14H11ClO2.C5H6O4/c15-14(13(16)17,11-7-3-1-4-8-11)12-9-5-2-6-10-12;1-3(5(8)9)2-4(6)7/h1-10H,(H,16,17);2H,1H3,(H,6,7)(H,8,9)/b;3-2-. The van der Waals surface area contributed by atoms with Crippen molar-refractivity contribution >= 4 is 29.5 Å². The van der Waals surface area contributed by atoms with Gasteiger partial charge in [-0.05, 0) is 18.1 Å². The van der Waals surface area contributed by atoms with Gasteiger partial charge in [-0.1, -0.05) is 72.3 Å². The monoisotopic (exact) mass is 376 g/mol. The Balaban J connectivity index is 0.000000321. The molecule has 0 aliphatic carbocycles. The van der Waals surface area contributed by atoms with Crippen molar-refractivity contribution in [2.45, 2.75) is 11.8 Å². The van der Waals surface area contributed by atoms with Crippen molar-refractivity contribution in [1.29, 1.82) is 0 Å². The maximum atomic E-state index is 11.5. The number of hydrogen-bond acceptors (Lipinski definition) is 3. The number of aliphatic carboxylic acids is 3. The zero-order valence-corrected chi connectivity index (χ0v) is 14.6. The van der Waals surface area contributed by atoms with E-state index in [9.17, 15) is 19.5 Å². The van der Waals surface area contributed by atoms with Crippen LogP contribution in [0.2, 0.25) is 0 Å². The van der Waals surface area contributed by atoms with Crippen molar-refractivity contribution in [3.05, 3.63) is 83.4 Å². The molecule has 136 valence electrons. The molecule has 26 heavy (non-hydrogen) atoms. The van der Waals surface area contributed by atoms with Gasteiger partial charge in [-0.15, -0.1) is 0 Å². The predicted octanol–water partition coefficient (Wildman–Crippen LogP) is 3.36. The van der Waals surface area contributed by atoms with Crippen molar-refractivity contribution in [2.24, 2.45) is 0 Å². The summed E-state index contributed by atoms with van der Waals surface area (Å²) in [6.45, 7) is 1.22. The van der Waals surface area contributed by atoms with Crippen LogP contribution in [-0.2, 0) is 19.3 Å². The number of alkyl halides is 1. The fraction of sp³-hybridized carbons (Fsp3) is 0.105. The van der Waals surface area contributed by atoms with Gasteiger partial charge < -0.3 is 15.3 Å². The molecule has 0 aliphatic rings. The molecule has 7 heteroatoms. The zero-order chi connectivity index (χ0) is 19.7. The van der Waals surface area contributed by atoms with Crippen LogP contribution in [0.25, 0.3) is 0 Å². The minimum absolute atomic E-state index is 0.178. The highest BCUT2D eigenvalue weighted by molar-refractivity contribution is 6.35. The van der Waals surface area contributed by atoms with E-state index < -0.39 is 22.8 Å². The minimum atomic E-state index is -1.53. The van der Waals surface area contributed by atoms with Gasteiger partial charge in [-0.2, -0.15) is 0 Å². The van der Waals surface area contributed by atoms with Crippen LogP contribution in [0.4, 0.5) is 0 Å². The van der Waals surface area contributed by atoms with Gasteiger partial charge in [-0.25, -0.2) is 14.4 Å². The highest BCUT2D eigenvalue weighted by atomic mass is 35.5. The summed E-state index contributed by atoms with van der Waals surface area (Å²) < 4.78 is 0. The van der Waals surface area contributed by atoms with E-state index in [1.165, 1.54) is 6.92 Å². The Kier molecular flexibility index (Phi) is 7.55. The Morgan fingerprint density at radius 3 is 1.46 bits per heavy atom. The highest BCUT2D eigenvalue weighted by Crippen LogP contribution is 2.36. The Morgan fingerprint density at radius 1 is 0.846 bits per heavy atom. The van der Waals surface area contributed by atoms with Crippen molar-refractivity contribution in [1.82, 2.24) is 0 Å². The van der Waals surface area contributed by atoms with Crippen LogP contribution >= 0.6 is 11.6 Å². The molecule has 0 radical (unpaired) electrons. The average molecular weight is 377 g/mol. The van der Waals surface area contributed by atoms with E-state index in [2.05, 4.69) is 0 Å². The van der Waals surface area contributed by atoms with Crippen molar-refractivity contribution in [2.75, 3.05) is 0 Å². The molecule has 0 fully saturated rings. The lowest BCUT2D eigenvalue weighted by atomic mass is 9.90. The van der Waals surface area contributed by atoms with E-state index >= 15 is 0 Å². The SMILES string of the molecule is C/C(=C/C(=O)O)C(=O)O.O=C(O)C(Cl)(c1ccccc1)c1ccccc1. The van der Waals surface area contributed by atoms with E-state index in [0.717, 1.165) is 0 Å². The number of benzene rings is 2. The fourth-order valence-electron chi connectivity index (χ4n) is 2.00. The van der Waals surface area contributed by atoms with Crippen LogP contribution in [0.15, 0.2) is 72.3 Å². The first-order valence-electron chi connectivity index (χ1n) is 7.37. The summed E-state index contributed by atoms with van der Waals surface area (Å²) in [5, 5.41) is 25.5. The van der Waals surface area contributed by atoms with Gasteiger partial charge >= 0.3 is 17.9 Å². The second-order valence-electron chi connectivity index (χ2n) is 5.17. The molecule has 0 atom stereocenters. The normalized spacial score (nSPS) is 11.1. The van der Waals surface area contributed by atoms with Crippen LogP contribution in [-0.4, -0.2) is 33.2 Å². The van der Waals surface area contributed by atoms with Crippen molar-refractivity contribution in [3.8, 4) is 0 Å². The van der Waals surface area contributed by atoms with Gasteiger partial charge in [0, 0.05) is 11.6 Å². The molecular weight excluding hydrogens is 360 g/mol. The minimum Gasteiger partial charge on any atom is -0.479 e. The summed E-state index contributed by atoms with van der Waals surface area (Å²) in [6.07, 6.45) is 0.641. The van der Waals surface area contributed by atoms with Crippen LogP contribution in [0.1, 0.15) is 18.1 Å². The lowest BCUT2D eigenvalue weighted by Gasteiger charge is -2.23. The number of carbonyl (C=O) groups is 3. The van der Waals surface area contributed by atoms with Gasteiger partial charge in [0.25, 0.3) is 0 Å². The molecule has 2 rings (SSSR count). The molecule has 2 aromatic carbocycles. The third-order valence-electron chi connectivity index (χ3n) is 3.32. The average Bonchev–Trinajstić information content (AvgIpc) is 2.62. The van der Waals surface area contributed by atoms with E-state index in [0.29, 0.717) is 17.2 Å². The van der Waals surface area contributed by atoms with Gasteiger partial charge in [0.15, 0.2) is 4.87 Å². The van der Waals surface area contributed by atoms with E-state index in [4.69, 9.17) is 21.8 Å². The lowest BCUT2D eigenvalue weighted by molar-refractivity contribution is -0.139. The number of halogens is 1. The van der Waals surface area contributed by atoms with E-state index in [1.807, 2.05) is 12.1 Å². The first-order valence-corrected chi connectivity index (χ1v) is 7.75. The molecule has 0 saturated heterocycles. The first-order chi connectivity index (χ1) is 12.2. The molecule has 6 nitrogen and oxygen atoms in total. The number of carboxylic acid groups (broad SMARTS) is 3. The smallest absolute Gasteiger partial charge is 0.334 e. The molecule has 0 aliphatic heterocycles. The van der Waals surface area contributed by atoms with Crippen molar-refractivity contribution in [3.63, 3.8) is 0 Å². The Hall–Kier alpha value is -3.12. The third kappa shape index (κ3) is 5.46. The highest BCUT2D eigenvalue weighted by Gasteiger charge is 2.39. The molecule has 3 N–H and O–H groups in total. The van der Waals surface area contributed by atoms with E-state index in [1.54, 1.807) is 48.5 Å². The van der Waals surface area contributed by atoms with Gasteiger partial charge in [0.2, 0.25) is 0 Å². The van der Waals surface area contributed by atoms with Gasteiger partial charge in [-0.3, -0.25) is 0 Å². The summed E-state index contributed by atoms with van der Waals surface area (Å²) >= 11 is 6.33. The fourth-order valence-corrected chi connectivity index (χ4v) is 2.25. The first kappa shape index (κ1) is 20.9. The Bertz CT molecular complexity index is 760. The summed E-state index contributed by atoms with van der Waals surface area (Å²) in [7, 11) is 0. The molecule has 0 aromatic heterocycles. The zero-order valence-electron chi connectivity index (χ0n) is 13.8. The Morgan fingerprint density at radius 2 is 1.23 bits per heavy atom. The topological polar surface area (TPSA) is 112 Å². The quantitative estimate of drug-likeness (QED) is 0.545. The summed E-state index contributed by atoms with van der Waals surface area (Å²) in [5.41, 5.74) is 0.934. The molecule has 0 heterocycles. The van der Waals surface area contributed by atoms with Crippen molar-refractivity contribution < 1.29 is 29.7 Å². The molecule has 0 unspecified atom stereocenters. The summed E-state index contributed by atoms with van der Waals surface area (Å²) in [4.78, 5) is 29.6. The van der Waals surface area contributed by atoms with E-state index in [-0.39, 0.29) is 5.57 Å². The molecule has 0 bridgehead atoms. The van der Waals surface area contributed by atoms with Crippen LogP contribution < -0.4 is 0 Å². The third-order valence-corrected chi connectivity index (χ3v) is 3.91. The van der Waals surface area contributed by atoms with Crippen LogP contribution in [0.5, 0.6) is 0 Å². The summed E-state index contributed by atoms with van der Waals surface area (Å²) in [6, 6.07) is 17.6. The predicted molar refractivity (Wildman–Crippen MR) is 96.2 cm³/mol. The van der Waals surface area contributed by atoms with Gasteiger partial charge in [0.1, 0.15) is 0 Å². The number of carboxylic acids is 3. The molecule has 0 amide bonds. The maximum Gasteiger partial charge on any atom is 0.334 e. The largest absolute Gasteiger partial charge is 0.479 e. The van der Waals surface area contributed by atoms with Crippen LogP contribution in [0.3, 0.4) is 0 Å². The second kappa shape index (κ2) is 9.39. The number of hydrogen-bond donors (Lipinski definition) is 3. The maximum absolute atomic E-state index is 11.5. The molecule has 0 spiro atoms. The van der Waals surface area contributed by atoms with Crippen LogP contribution in [0, 0.1) is 0 Å². The lowest BCUT2D eigenvalue weighted by Crippen LogP contribution is -2.30. The molecule has 2 aromatic rings. The second-order valence-corrected chi connectivity index (χ2v) is 5.73. The van der Waals surface area contributed by atoms with Gasteiger partial charge in [0.05, 0.1) is 0 Å². The number of rotatable bonds is 5. The Labute approximate surface area is 155 Å².